The zero-order valence-corrected chi connectivity index (χ0v) is 23.7. The highest BCUT2D eigenvalue weighted by Gasteiger charge is 2.80. The summed E-state index contributed by atoms with van der Waals surface area (Å²) in [5, 5.41) is 18.7. The summed E-state index contributed by atoms with van der Waals surface area (Å²) in [5.41, 5.74) is -0.787. The fraction of sp³-hybridized carbons (Fsp3) is 0.424. The van der Waals surface area contributed by atoms with Crippen molar-refractivity contribution < 1.29 is 24.2 Å². The van der Waals surface area contributed by atoms with Crippen LogP contribution in [0.15, 0.2) is 72.8 Å². The van der Waals surface area contributed by atoms with Gasteiger partial charge in [-0.05, 0) is 54.2 Å². The van der Waals surface area contributed by atoms with Crippen molar-refractivity contribution in [2.45, 2.75) is 56.9 Å². The molecule has 0 radical (unpaired) electrons. The van der Waals surface area contributed by atoms with Crippen LogP contribution in [0.5, 0.6) is 0 Å². The molecule has 214 valence electrons. The van der Waals surface area contributed by atoms with Crippen molar-refractivity contribution in [3.05, 3.63) is 78.4 Å². The highest BCUT2D eigenvalue weighted by molar-refractivity contribution is 6.04. The molecule has 3 aliphatic rings. The minimum Gasteiger partial charge on any atom is -0.394 e. The number of rotatable bonds is 8. The van der Waals surface area contributed by atoms with Gasteiger partial charge in [0.15, 0.2) is 0 Å². The first-order valence-corrected chi connectivity index (χ1v) is 14.5. The Morgan fingerprint density at radius 2 is 1.76 bits per heavy atom. The molecule has 2 bridgehead atoms. The molecule has 41 heavy (non-hydrogen) atoms. The van der Waals surface area contributed by atoms with Crippen LogP contribution >= 0.6 is 0 Å². The highest BCUT2D eigenvalue weighted by Crippen LogP contribution is 2.66. The number of amides is 3. The molecule has 7 atom stereocenters. The summed E-state index contributed by atoms with van der Waals surface area (Å²) in [6.45, 7) is 6.02. The molecule has 1 spiro atoms. The summed E-state index contributed by atoms with van der Waals surface area (Å²) in [4.78, 5) is 44.0. The number of anilines is 1. The minimum absolute atomic E-state index is 0.0656. The number of likely N-dealkylation sites (tertiary alicyclic amines) is 1. The predicted octanol–water partition coefficient (Wildman–Crippen LogP) is 4.05. The Hall–Kier alpha value is -3.75. The van der Waals surface area contributed by atoms with Gasteiger partial charge in [0.25, 0.3) is 0 Å². The first-order chi connectivity index (χ1) is 19.7. The number of aliphatic hydroxyl groups excluding tert-OH is 1. The molecule has 3 saturated heterocycles. The fourth-order valence-electron chi connectivity index (χ4n) is 7.58. The van der Waals surface area contributed by atoms with Crippen molar-refractivity contribution >= 4 is 34.2 Å². The third-order valence-corrected chi connectivity index (χ3v) is 9.54. The van der Waals surface area contributed by atoms with Gasteiger partial charge in [-0.1, -0.05) is 74.5 Å². The van der Waals surface area contributed by atoms with Crippen LogP contribution in [0.2, 0.25) is 0 Å². The Morgan fingerprint density at radius 3 is 2.46 bits per heavy atom. The SMILES string of the molecule is CCCNC(=O)[C@H]1[C@H]2C(=O)N([C@H](CO)c3ccccc3)C(C(=O)Nc3ccc4ccccc4c3)C23CC(C)[C@]1(C)O3. The number of fused-ring (bicyclic) bond motifs is 2. The molecule has 3 heterocycles. The van der Waals surface area contributed by atoms with Crippen LogP contribution in [0, 0.1) is 17.8 Å². The van der Waals surface area contributed by atoms with Gasteiger partial charge >= 0.3 is 0 Å². The van der Waals surface area contributed by atoms with E-state index in [4.69, 9.17) is 4.74 Å². The minimum atomic E-state index is -1.21. The zero-order valence-electron chi connectivity index (χ0n) is 23.7. The van der Waals surface area contributed by atoms with Crippen molar-refractivity contribution in [3.8, 4) is 0 Å². The Balaban J connectivity index is 1.45. The van der Waals surface area contributed by atoms with Crippen LogP contribution in [-0.2, 0) is 19.1 Å². The molecule has 3 aromatic carbocycles. The molecule has 3 fully saturated rings. The topological polar surface area (TPSA) is 108 Å². The molecule has 0 aliphatic carbocycles. The van der Waals surface area contributed by atoms with Gasteiger partial charge in [-0.25, -0.2) is 0 Å². The van der Waals surface area contributed by atoms with Gasteiger partial charge < -0.3 is 25.4 Å². The van der Waals surface area contributed by atoms with Crippen LogP contribution in [0.1, 0.15) is 45.2 Å². The number of carbonyl (C=O) groups is 3. The van der Waals surface area contributed by atoms with Crippen molar-refractivity contribution in [1.82, 2.24) is 10.2 Å². The molecule has 8 nitrogen and oxygen atoms in total. The van der Waals surface area contributed by atoms with E-state index in [1.54, 1.807) is 0 Å². The quantitative estimate of drug-likeness (QED) is 0.389. The van der Waals surface area contributed by atoms with E-state index in [0.29, 0.717) is 24.2 Å². The molecule has 3 aromatic rings. The summed E-state index contributed by atoms with van der Waals surface area (Å²) >= 11 is 0. The molecule has 3 amide bonds. The largest absolute Gasteiger partial charge is 0.394 e. The van der Waals surface area contributed by atoms with Crippen molar-refractivity contribution in [2.75, 3.05) is 18.5 Å². The van der Waals surface area contributed by atoms with Gasteiger partial charge in [-0.3, -0.25) is 14.4 Å². The van der Waals surface area contributed by atoms with E-state index in [0.717, 1.165) is 17.2 Å². The maximum absolute atomic E-state index is 14.5. The van der Waals surface area contributed by atoms with Crippen molar-refractivity contribution in [1.29, 1.82) is 0 Å². The molecule has 0 saturated carbocycles. The van der Waals surface area contributed by atoms with Crippen LogP contribution in [-0.4, -0.2) is 58.1 Å². The predicted molar refractivity (Wildman–Crippen MR) is 156 cm³/mol. The van der Waals surface area contributed by atoms with E-state index in [1.165, 1.54) is 4.90 Å². The summed E-state index contributed by atoms with van der Waals surface area (Å²) < 4.78 is 6.80. The second-order valence-electron chi connectivity index (χ2n) is 11.9. The van der Waals surface area contributed by atoms with Gasteiger partial charge in [0.2, 0.25) is 17.7 Å². The van der Waals surface area contributed by atoms with Crippen LogP contribution in [0.4, 0.5) is 5.69 Å². The Morgan fingerprint density at radius 1 is 1.05 bits per heavy atom. The van der Waals surface area contributed by atoms with Crippen LogP contribution in [0.25, 0.3) is 10.8 Å². The molecule has 3 unspecified atom stereocenters. The second kappa shape index (κ2) is 10.3. The lowest BCUT2D eigenvalue weighted by molar-refractivity contribution is -0.149. The summed E-state index contributed by atoms with van der Waals surface area (Å²) in [6.07, 6.45) is 1.22. The van der Waals surface area contributed by atoms with Gasteiger partial charge in [-0.2, -0.15) is 0 Å². The van der Waals surface area contributed by atoms with Gasteiger partial charge in [0.05, 0.1) is 30.1 Å². The standard InChI is InChI=1S/C33H37N3O5/c1-4-16-34-29(38)26-27-31(40)36(25(19-37)22-11-6-5-7-12-22)28(33(27)18-20(2)32(26,3)41-33)30(39)35-24-15-14-21-10-8-9-13-23(21)17-24/h5-15,17,20,25-28,37H,4,16,18-19H2,1-3H3,(H,34,38)(H,35,39)/t20?,25-,26-,27+,28?,32+,33?/m1/s1. The number of benzene rings is 3. The number of nitrogens with zero attached hydrogens (tertiary/aromatic N) is 1. The number of hydrogen-bond acceptors (Lipinski definition) is 5. The Kier molecular flexibility index (Phi) is 6.86. The Labute approximate surface area is 240 Å². The molecule has 6 rings (SSSR count). The normalized spacial score (nSPS) is 30.8. The molecule has 8 heteroatoms. The van der Waals surface area contributed by atoms with Crippen LogP contribution in [0.3, 0.4) is 0 Å². The number of aliphatic hydroxyl groups is 1. The van der Waals surface area contributed by atoms with E-state index >= 15 is 0 Å². The number of hydrogen-bond donors (Lipinski definition) is 3. The smallest absolute Gasteiger partial charge is 0.250 e. The van der Waals surface area contributed by atoms with E-state index in [2.05, 4.69) is 10.6 Å². The van der Waals surface area contributed by atoms with E-state index in [1.807, 2.05) is 93.6 Å². The lowest BCUT2D eigenvalue weighted by atomic mass is 9.62. The molecule has 3 N–H and O–H groups in total. The third kappa shape index (κ3) is 4.15. The molecular weight excluding hydrogens is 518 g/mol. The van der Waals surface area contributed by atoms with Crippen molar-refractivity contribution in [3.63, 3.8) is 0 Å². The van der Waals surface area contributed by atoms with E-state index < -0.39 is 41.0 Å². The van der Waals surface area contributed by atoms with Crippen molar-refractivity contribution in [2.24, 2.45) is 17.8 Å². The fourth-order valence-corrected chi connectivity index (χ4v) is 7.58. The monoisotopic (exact) mass is 555 g/mol. The average molecular weight is 556 g/mol. The maximum Gasteiger partial charge on any atom is 0.250 e. The number of ether oxygens (including phenoxy) is 1. The number of carbonyl (C=O) groups excluding carboxylic acids is 3. The van der Waals surface area contributed by atoms with E-state index in [9.17, 15) is 19.5 Å². The summed E-state index contributed by atoms with van der Waals surface area (Å²) in [5.74, 6) is -2.61. The zero-order chi connectivity index (χ0) is 28.9. The van der Waals surface area contributed by atoms with Gasteiger partial charge in [-0.15, -0.1) is 0 Å². The summed E-state index contributed by atoms with van der Waals surface area (Å²) in [7, 11) is 0. The first kappa shape index (κ1) is 27.4. The number of nitrogens with one attached hydrogen (secondary N) is 2. The summed E-state index contributed by atoms with van der Waals surface area (Å²) in [6, 6.07) is 21.0. The third-order valence-electron chi connectivity index (χ3n) is 9.54. The maximum atomic E-state index is 14.5. The van der Waals surface area contributed by atoms with Crippen LogP contribution < -0.4 is 10.6 Å². The molecule has 0 aromatic heterocycles. The highest BCUT2D eigenvalue weighted by atomic mass is 16.5. The average Bonchev–Trinajstić information content (AvgIpc) is 3.49. The Bertz CT molecular complexity index is 1490. The second-order valence-corrected chi connectivity index (χ2v) is 11.9. The molecular formula is C33H37N3O5. The molecule has 3 aliphatic heterocycles. The first-order valence-electron chi connectivity index (χ1n) is 14.5. The van der Waals surface area contributed by atoms with Gasteiger partial charge in [0, 0.05) is 12.2 Å². The lowest BCUT2D eigenvalue weighted by Gasteiger charge is -2.37. The van der Waals surface area contributed by atoms with Gasteiger partial charge in [0.1, 0.15) is 11.6 Å². The lowest BCUT2D eigenvalue weighted by Crippen LogP contribution is -2.55. The van der Waals surface area contributed by atoms with E-state index in [-0.39, 0.29) is 24.3 Å².